The van der Waals surface area contributed by atoms with E-state index in [-0.39, 0.29) is 31.3 Å². The van der Waals surface area contributed by atoms with Crippen LogP contribution in [-0.2, 0) is 16.1 Å². The zero-order valence-corrected chi connectivity index (χ0v) is 17.1. The molecule has 4 rings (SSSR count). The van der Waals surface area contributed by atoms with Crippen molar-refractivity contribution in [2.75, 3.05) is 11.4 Å². The van der Waals surface area contributed by atoms with E-state index in [0.29, 0.717) is 27.8 Å². The number of imidazole rings is 1. The first-order chi connectivity index (χ1) is 14.4. The highest BCUT2D eigenvalue weighted by Crippen LogP contribution is 2.27. The van der Waals surface area contributed by atoms with Crippen molar-refractivity contribution >= 4 is 29.1 Å². The molecule has 0 saturated carbocycles. The number of halogens is 2. The van der Waals surface area contributed by atoms with Gasteiger partial charge in [0.2, 0.25) is 11.8 Å². The van der Waals surface area contributed by atoms with Crippen molar-refractivity contribution in [2.45, 2.75) is 19.9 Å². The molecule has 0 bridgehead atoms. The molecule has 1 N–H and O–H groups in total. The highest BCUT2D eigenvalue weighted by molar-refractivity contribution is 6.31. The van der Waals surface area contributed by atoms with Gasteiger partial charge in [0.1, 0.15) is 11.6 Å². The molecular formula is C22H20ClFN4O2. The van der Waals surface area contributed by atoms with E-state index < -0.39 is 11.7 Å². The third kappa shape index (κ3) is 4.07. The zero-order valence-electron chi connectivity index (χ0n) is 16.3. The summed E-state index contributed by atoms with van der Waals surface area (Å²) in [7, 11) is 0. The molecule has 2 aromatic carbocycles. The topological polar surface area (TPSA) is 67.2 Å². The van der Waals surface area contributed by atoms with E-state index in [9.17, 15) is 14.0 Å². The molecule has 1 unspecified atom stereocenters. The number of hydrogen-bond acceptors (Lipinski definition) is 3. The van der Waals surface area contributed by atoms with Crippen LogP contribution in [0, 0.1) is 18.7 Å². The number of hydrogen-bond donors (Lipinski definition) is 1. The average Bonchev–Trinajstić information content (AvgIpc) is 3.32. The molecule has 2 heterocycles. The number of rotatable bonds is 5. The highest BCUT2D eigenvalue weighted by atomic mass is 35.5. The Morgan fingerprint density at radius 1 is 1.30 bits per heavy atom. The van der Waals surface area contributed by atoms with Crippen LogP contribution in [-0.4, -0.2) is 27.9 Å². The highest BCUT2D eigenvalue weighted by Gasteiger charge is 2.35. The standard InChI is InChI=1S/C22H20ClFN4O2/c1-14-25-7-8-27(14)20-6-5-15(9-19(20)24)12-26-22(30)16-10-21(29)28(13-16)18-4-2-3-17(23)11-18/h2-9,11,16H,10,12-13H2,1H3,(H,26,30). The first-order valence-corrected chi connectivity index (χ1v) is 9.92. The van der Waals surface area contributed by atoms with Crippen LogP contribution >= 0.6 is 11.6 Å². The smallest absolute Gasteiger partial charge is 0.227 e. The van der Waals surface area contributed by atoms with Crippen LogP contribution in [0.5, 0.6) is 0 Å². The van der Waals surface area contributed by atoms with Gasteiger partial charge < -0.3 is 14.8 Å². The van der Waals surface area contributed by atoms with E-state index in [1.54, 1.807) is 65.2 Å². The summed E-state index contributed by atoms with van der Waals surface area (Å²) in [5, 5.41) is 3.34. The molecule has 0 spiro atoms. The Hall–Kier alpha value is -3.19. The number of anilines is 1. The van der Waals surface area contributed by atoms with Crippen LogP contribution < -0.4 is 10.2 Å². The Bertz CT molecular complexity index is 1110. The van der Waals surface area contributed by atoms with Gasteiger partial charge in [-0.05, 0) is 42.8 Å². The van der Waals surface area contributed by atoms with Gasteiger partial charge in [-0.1, -0.05) is 23.7 Å². The number of carbonyl (C=O) groups is 2. The summed E-state index contributed by atoms with van der Waals surface area (Å²) in [6.45, 7) is 2.27. The molecule has 154 valence electrons. The molecule has 2 amide bonds. The Labute approximate surface area is 178 Å². The fourth-order valence-electron chi connectivity index (χ4n) is 3.60. The van der Waals surface area contributed by atoms with Crippen LogP contribution in [0.4, 0.5) is 10.1 Å². The van der Waals surface area contributed by atoms with Crippen molar-refractivity contribution in [1.82, 2.24) is 14.9 Å². The van der Waals surface area contributed by atoms with E-state index in [0.717, 1.165) is 0 Å². The van der Waals surface area contributed by atoms with Gasteiger partial charge in [0.25, 0.3) is 0 Å². The lowest BCUT2D eigenvalue weighted by Crippen LogP contribution is -2.32. The molecule has 30 heavy (non-hydrogen) atoms. The molecule has 1 aromatic heterocycles. The van der Waals surface area contributed by atoms with Crippen molar-refractivity contribution in [2.24, 2.45) is 5.92 Å². The zero-order chi connectivity index (χ0) is 21.3. The van der Waals surface area contributed by atoms with Gasteiger partial charge in [-0.25, -0.2) is 9.37 Å². The summed E-state index contributed by atoms with van der Waals surface area (Å²) in [4.78, 5) is 30.6. The number of aryl methyl sites for hydroxylation is 1. The second-order valence-electron chi connectivity index (χ2n) is 7.23. The third-order valence-corrected chi connectivity index (χ3v) is 5.41. The largest absolute Gasteiger partial charge is 0.352 e. The summed E-state index contributed by atoms with van der Waals surface area (Å²) in [5.74, 6) is -0.531. The maximum absolute atomic E-state index is 14.5. The van der Waals surface area contributed by atoms with E-state index in [1.807, 2.05) is 0 Å². The van der Waals surface area contributed by atoms with E-state index >= 15 is 0 Å². The van der Waals surface area contributed by atoms with Crippen molar-refractivity contribution < 1.29 is 14.0 Å². The number of nitrogens with one attached hydrogen (secondary N) is 1. The number of carbonyl (C=O) groups excluding carboxylic acids is 2. The summed E-state index contributed by atoms with van der Waals surface area (Å²) in [6.07, 6.45) is 3.43. The Morgan fingerprint density at radius 3 is 2.83 bits per heavy atom. The average molecular weight is 427 g/mol. The fraction of sp³-hybridized carbons (Fsp3) is 0.227. The maximum Gasteiger partial charge on any atom is 0.227 e. The van der Waals surface area contributed by atoms with Crippen LogP contribution in [0.1, 0.15) is 17.8 Å². The molecular weight excluding hydrogens is 407 g/mol. The van der Waals surface area contributed by atoms with Gasteiger partial charge in [-0.2, -0.15) is 0 Å². The van der Waals surface area contributed by atoms with Crippen LogP contribution in [0.2, 0.25) is 5.02 Å². The monoisotopic (exact) mass is 426 g/mol. The van der Waals surface area contributed by atoms with Gasteiger partial charge in [0.15, 0.2) is 0 Å². The molecule has 1 aliphatic rings. The minimum atomic E-state index is -0.464. The molecule has 1 atom stereocenters. The minimum absolute atomic E-state index is 0.122. The third-order valence-electron chi connectivity index (χ3n) is 5.18. The quantitative estimate of drug-likeness (QED) is 0.677. The Morgan fingerprint density at radius 2 is 2.13 bits per heavy atom. The van der Waals surface area contributed by atoms with Crippen molar-refractivity contribution in [3.8, 4) is 5.69 Å². The predicted molar refractivity (Wildman–Crippen MR) is 112 cm³/mol. The summed E-state index contributed by atoms with van der Waals surface area (Å²) in [6, 6.07) is 11.8. The van der Waals surface area contributed by atoms with Crippen molar-refractivity contribution in [1.29, 1.82) is 0 Å². The van der Waals surface area contributed by atoms with E-state index in [4.69, 9.17) is 11.6 Å². The van der Waals surface area contributed by atoms with Gasteiger partial charge in [0, 0.05) is 42.6 Å². The van der Waals surface area contributed by atoms with Crippen molar-refractivity contribution in [3.63, 3.8) is 0 Å². The van der Waals surface area contributed by atoms with Gasteiger partial charge in [-0.15, -0.1) is 0 Å². The first kappa shape index (κ1) is 20.1. The number of benzene rings is 2. The molecule has 1 aliphatic heterocycles. The Balaban J connectivity index is 1.39. The SMILES string of the molecule is Cc1nccn1-c1ccc(CNC(=O)C2CC(=O)N(c3cccc(Cl)c3)C2)cc1F. The Kier molecular flexibility index (Phi) is 5.55. The van der Waals surface area contributed by atoms with E-state index in [2.05, 4.69) is 10.3 Å². The predicted octanol–water partition coefficient (Wildman–Crippen LogP) is 3.64. The summed E-state index contributed by atoms with van der Waals surface area (Å²) >= 11 is 6.00. The lowest BCUT2D eigenvalue weighted by Gasteiger charge is -2.17. The second-order valence-corrected chi connectivity index (χ2v) is 7.67. The number of nitrogens with zero attached hydrogens (tertiary/aromatic N) is 3. The van der Waals surface area contributed by atoms with Crippen LogP contribution in [0.25, 0.3) is 5.69 Å². The second kappa shape index (κ2) is 8.28. The number of aromatic nitrogens is 2. The molecule has 0 radical (unpaired) electrons. The van der Waals surface area contributed by atoms with Gasteiger partial charge >= 0.3 is 0 Å². The molecule has 3 aromatic rings. The maximum atomic E-state index is 14.5. The molecule has 1 fully saturated rings. The van der Waals surface area contributed by atoms with Crippen LogP contribution in [0.15, 0.2) is 54.9 Å². The van der Waals surface area contributed by atoms with Crippen LogP contribution in [0.3, 0.4) is 0 Å². The molecule has 0 aliphatic carbocycles. The minimum Gasteiger partial charge on any atom is -0.352 e. The van der Waals surface area contributed by atoms with Crippen molar-refractivity contribution in [3.05, 3.63) is 77.1 Å². The molecule has 8 heteroatoms. The lowest BCUT2D eigenvalue weighted by molar-refractivity contribution is -0.126. The number of amides is 2. The molecule has 1 saturated heterocycles. The molecule has 6 nitrogen and oxygen atoms in total. The summed E-state index contributed by atoms with van der Waals surface area (Å²) < 4.78 is 16.2. The van der Waals surface area contributed by atoms with E-state index in [1.165, 1.54) is 6.07 Å². The summed E-state index contributed by atoms with van der Waals surface area (Å²) in [5.41, 5.74) is 1.72. The lowest BCUT2D eigenvalue weighted by atomic mass is 10.1. The first-order valence-electron chi connectivity index (χ1n) is 9.55. The van der Waals surface area contributed by atoms with Gasteiger partial charge in [0.05, 0.1) is 11.6 Å². The normalized spacial score (nSPS) is 16.2. The van der Waals surface area contributed by atoms with Gasteiger partial charge in [-0.3, -0.25) is 9.59 Å². The fourth-order valence-corrected chi connectivity index (χ4v) is 3.78.